The molecule has 0 saturated carbocycles. The van der Waals surface area contributed by atoms with Crippen LogP contribution < -0.4 is 10.1 Å². The van der Waals surface area contributed by atoms with Crippen molar-refractivity contribution in [3.05, 3.63) is 101 Å². The Morgan fingerprint density at radius 3 is 2.44 bits per heavy atom. The van der Waals surface area contributed by atoms with Crippen LogP contribution in [0, 0.1) is 13.8 Å². The number of hydrogen-bond acceptors (Lipinski definition) is 5. The maximum atomic E-state index is 12.6. The Balaban J connectivity index is 1.49. The van der Waals surface area contributed by atoms with Crippen LogP contribution in [0.1, 0.15) is 28.1 Å². The van der Waals surface area contributed by atoms with Gasteiger partial charge in [0.15, 0.2) is 5.16 Å². The van der Waals surface area contributed by atoms with Gasteiger partial charge in [0.25, 0.3) is 0 Å². The molecule has 0 aliphatic carbocycles. The third-order valence-electron chi connectivity index (χ3n) is 5.48. The van der Waals surface area contributed by atoms with Gasteiger partial charge in [0, 0.05) is 13.0 Å². The summed E-state index contributed by atoms with van der Waals surface area (Å²) in [6.45, 7) is 4.63. The van der Waals surface area contributed by atoms with Crippen molar-refractivity contribution in [2.75, 3.05) is 12.9 Å². The number of methoxy groups -OCH3 is 1. The Labute approximate surface area is 204 Å². The van der Waals surface area contributed by atoms with E-state index in [-0.39, 0.29) is 11.7 Å². The van der Waals surface area contributed by atoms with E-state index in [1.165, 1.54) is 17.3 Å². The van der Waals surface area contributed by atoms with Crippen LogP contribution in [-0.2, 0) is 17.8 Å². The van der Waals surface area contributed by atoms with Crippen molar-refractivity contribution >= 4 is 17.7 Å². The van der Waals surface area contributed by atoms with Gasteiger partial charge in [-0.15, -0.1) is 10.2 Å². The van der Waals surface area contributed by atoms with E-state index in [0.717, 1.165) is 34.0 Å². The number of aryl methyl sites for hydroxylation is 2. The van der Waals surface area contributed by atoms with Crippen LogP contribution in [0.5, 0.6) is 5.75 Å². The number of ether oxygens (including phenoxy) is 1. The largest absolute Gasteiger partial charge is 0.497 e. The SMILES string of the molecule is COc1ccc(CNC(=O)CSc2nnc(Cc3ccccc3)n2-c2ccc(C)cc2C)cc1. The van der Waals surface area contributed by atoms with Gasteiger partial charge in [-0.3, -0.25) is 9.36 Å². The van der Waals surface area contributed by atoms with E-state index in [1.807, 2.05) is 42.5 Å². The molecular formula is C27H28N4O2S. The summed E-state index contributed by atoms with van der Waals surface area (Å²) in [5.74, 6) is 1.84. The van der Waals surface area contributed by atoms with Crippen LogP contribution in [0.4, 0.5) is 0 Å². The number of benzene rings is 3. The van der Waals surface area contributed by atoms with Crippen LogP contribution >= 0.6 is 11.8 Å². The average molecular weight is 473 g/mol. The molecule has 0 spiro atoms. The number of carbonyl (C=O) groups is 1. The molecule has 3 aromatic carbocycles. The molecule has 0 saturated heterocycles. The summed E-state index contributed by atoms with van der Waals surface area (Å²) in [5.41, 5.74) is 5.55. The zero-order valence-corrected chi connectivity index (χ0v) is 20.4. The van der Waals surface area contributed by atoms with Gasteiger partial charge in [-0.1, -0.05) is 71.9 Å². The lowest BCUT2D eigenvalue weighted by Crippen LogP contribution is -2.24. The Morgan fingerprint density at radius 1 is 0.971 bits per heavy atom. The molecule has 0 aliphatic heterocycles. The first-order valence-electron chi connectivity index (χ1n) is 11.1. The topological polar surface area (TPSA) is 69.0 Å². The number of nitrogens with zero attached hydrogens (tertiary/aromatic N) is 3. The molecule has 4 rings (SSSR count). The molecule has 0 radical (unpaired) electrons. The quantitative estimate of drug-likeness (QED) is 0.351. The number of nitrogens with one attached hydrogen (secondary N) is 1. The van der Waals surface area contributed by atoms with Crippen LogP contribution in [0.3, 0.4) is 0 Å². The fourth-order valence-corrected chi connectivity index (χ4v) is 4.50. The molecule has 6 nitrogen and oxygen atoms in total. The highest BCUT2D eigenvalue weighted by atomic mass is 32.2. The van der Waals surface area contributed by atoms with E-state index in [1.54, 1.807) is 7.11 Å². The van der Waals surface area contributed by atoms with Crippen molar-refractivity contribution in [1.29, 1.82) is 0 Å². The smallest absolute Gasteiger partial charge is 0.230 e. The number of rotatable bonds is 9. The third-order valence-corrected chi connectivity index (χ3v) is 6.41. The number of aromatic nitrogens is 3. The Hall–Kier alpha value is -3.58. The van der Waals surface area contributed by atoms with Crippen molar-refractivity contribution in [2.24, 2.45) is 0 Å². The average Bonchev–Trinajstić information content (AvgIpc) is 3.24. The van der Waals surface area contributed by atoms with Gasteiger partial charge in [0.05, 0.1) is 18.6 Å². The van der Waals surface area contributed by atoms with Crippen LogP contribution in [0.25, 0.3) is 5.69 Å². The maximum absolute atomic E-state index is 12.6. The van der Waals surface area contributed by atoms with E-state index in [4.69, 9.17) is 4.74 Å². The molecule has 0 unspecified atom stereocenters. The van der Waals surface area contributed by atoms with Crippen LogP contribution in [0.2, 0.25) is 0 Å². The van der Waals surface area contributed by atoms with E-state index in [0.29, 0.717) is 18.1 Å². The van der Waals surface area contributed by atoms with E-state index < -0.39 is 0 Å². The second-order valence-electron chi connectivity index (χ2n) is 8.10. The zero-order chi connectivity index (χ0) is 23.9. The van der Waals surface area contributed by atoms with Crippen molar-refractivity contribution in [2.45, 2.75) is 32.0 Å². The Kier molecular flexibility index (Phi) is 7.65. The molecule has 34 heavy (non-hydrogen) atoms. The highest BCUT2D eigenvalue weighted by Crippen LogP contribution is 2.26. The summed E-state index contributed by atoms with van der Waals surface area (Å²) in [7, 11) is 1.64. The molecule has 1 heterocycles. The zero-order valence-electron chi connectivity index (χ0n) is 19.6. The molecule has 0 fully saturated rings. The second-order valence-corrected chi connectivity index (χ2v) is 9.04. The minimum absolute atomic E-state index is 0.0550. The molecule has 0 bridgehead atoms. The predicted molar refractivity (Wildman–Crippen MR) is 136 cm³/mol. The van der Waals surface area contributed by atoms with Gasteiger partial charge in [0.2, 0.25) is 5.91 Å². The second kappa shape index (κ2) is 11.0. The van der Waals surface area contributed by atoms with Gasteiger partial charge in [-0.2, -0.15) is 0 Å². The highest BCUT2D eigenvalue weighted by molar-refractivity contribution is 7.99. The fourth-order valence-electron chi connectivity index (χ4n) is 3.71. The molecule has 7 heteroatoms. The van der Waals surface area contributed by atoms with Crippen LogP contribution in [0.15, 0.2) is 78.0 Å². The van der Waals surface area contributed by atoms with E-state index in [9.17, 15) is 4.79 Å². The van der Waals surface area contributed by atoms with Gasteiger partial charge < -0.3 is 10.1 Å². The van der Waals surface area contributed by atoms with Crippen molar-refractivity contribution < 1.29 is 9.53 Å². The van der Waals surface area contributed by atoms with E-state index >= 15 is 0 Å². The summed E-state index contributed by atoms with van der Waals surface area (Å²) >= 11 is 1.39. The highest BCUT2D eigenvalue weighted by Gasteiger charge is 2.17. The lowest BCUT2D eigenvalue weighted by atomic mass is 10.1. The molecule has 1 amide bonds. The molecule has 4 aromatic rings. The molecule has 0 atom stereocenters. The number of amides is 1. The van der Waals surface area contributed by atoms with Crippen molar-refractivity contribution in [3.63, 3.8) is 0 Å². The molecule has 174 valence electrons. The minimum Gasteiger partial charge on any atom is -0.497 e. The number of carbonyl (C=O) groups excluding carboxylic acids is 1. The lowest BCUT2D eigenvalue weighted by Gasteiger charge is -2.14. The predicted octanol–water partition coefficient (Wildman–Crippen LogP) is 4.89. The first kappa shape index (κ1) is 23.6. The standard InChI is InChI=1S/C27H28N4O2S/c1-19-9-14-24(20(2)15-19)31-25(16-21-7-5-4-6-8-21)29-30-27(31)34-18-26(32)28-17-22-10-12-23(33-3)13-11-22/h4-15H,16-18H2,1-3H3,(H,28,32). The monoisotopic (exact) mass is 472 g/mol. The van der Waals surface area contributed by atoms with Gasteiger partial charge in [0.1, 0.15) is 11.6 Å². The number of hydrogen-bond donors (Lipinski definition) is 1. The fraction of sp³-hybridized carbons (Fsp3) is 0.222. The van der Waals surface area contributed by atoms with E-state index in [2.05, 4.69) is 64.3 Å². The summed E-state index contributed by atoms with van der Waals surface area (Å²) in [5, 5.41) is 12.6. The van der Waals surface area contributed by atoms with Crippen LogP contribution in [-0.4, -0.2) is 33.5 Å². The maximum Gasteiger partial charge on any atom is 0.230 e. The van der Waals surface area contributed by atoms with Crippen molar-refractivity contribution in [1.82, 2.24) is 20.1 Å². The molecule has 1 N–H and O–H groups in total. The number of thioether (sulfide) groups is 1. The minimum atomic E-state index is -0.0550. The van der Waals surface area contributed by atoms with Gasteiger partial charge in [-0.25, -0.2) is 0 Å². The summed E-state index contributed by atoms with van der Waals surface area (Å²) in [6, 6.07) is 24.2. The third kappa shape index (κ3) is 5.85. The Bertz CT molecular complexity index is 1250. The summed E-state index contributed by atoms with van der Waals surface area (Å²) < 4.78 is 7.25. The normalized spacial score (nSPS) is 10.8. The molecule has 0 aliphatic rings. The van der Waals surface area contributed by atoms with Crippen molar-refractivity contribution in [3.8, 4) is 11.4 Å². The molecular weight excluding hydrogens is 444 g/mol. The lowest BCUT2D eigenvalue weighted by molar-refractivity contribution is -0.118. The first-order valence-corrected chi connectivity index (χ1v) is 12.1. The summed E-state index contributed by atoms with van der Waals surface area (Å²) in [4.78, 5) is 12.6. The first-order chi connectivity index (χ1) is 16.5. The van der Waals surface area contributed by atoms with Gasteiger partial charge >= 0.3 is 0 Å². The van der Waals surface area contributed by atoms with Gasteiger partial charge in [-0.05, 0) is 48.7 Å². The molecule has 1 aromatic heterocycles. The summed E-state index contributed by atoms with van der Waals surface area (Å²) in [6.07, 6.45) is 0.658. The Morgan fingerprint density at radius 2 is 1.74 bits per heavy atom.